The Kier molecular flexibility index (Phi) is 13.3. The number of rotatable bonds is 15. The highest BCUT2D eigenvalue weighted by Crippen LogP contribution is 2.40. The number of amides is 2. The number of morpholine rings is 1. The standard InChI is InChI=1S/C48H61N7O8/c56-40-13-12-36(45-43(40)49-42(57)32-62-45)14-20-52(37-9-2-1-3-10-37)24-25-53-21-15-41(44(53)47(59)60)61-27-16-34-7-6-8-35(29-34)31-51-22-17-48(18-23-51)33-54(26-28-63-48)46(58)39-30-38-11-4-5-19-55(38)50-39/h4-8,11-13,19,29-30,37,41,44,56H,1-3,9-10,14-18,20-28,31-33H2,(H,49,57)(H,59,60)/t41?,44-/m0/s1. The van der Waals surface area contributed by atoms with Crippen LogP contribution >= 0.6 is 0 Å². The molecule has 5 aliphatic rings. The molecular weight excluding hydrogens is 803 g/mol. The number of pyridine rings is 1. The Morgan fingerprint density at radius 2 is 1.78 bits per heavy atom. The molecule has 4 fully saturated rings. The first kappa shape index (κ1) is 43.2. The number of carboxylic acids is 1. The zero-order chi connectivity index (χ0) is 43.3. The number of anilines is 1. The second-order valence-electron chi connectivity index (χ2n) is 18.1. The minimum atomic E-state index is -0.841. The molecule has 4 aliphatic heterocycles. The van der Waals surface area contributed by atoms with E-state index in [9.17, 15) is 24.6 Å². The zero-order valence-corrected chi connectivity index (χ0v) is 36.2. The smallest absolute Gasteiger partial charge is 0.323 e. The van der Waals surface area contributed by atoms with Crippen molar-refractivity contribution >= 4 is 29.0 Å². The maximum Gasteiger partial charge on any atom is 0.323 e. The summed E-state index contributed by atoms with van der Waals surface area (Å²) in [7, 11) is 0. The molecule has 1 saturated carbocycles. The Hall–Kier alpha value is -5.06. The number of hydrogen-bond acceptors (Lipinski definition) is 11. The third kappa shape index (κ3) is 10.0. The third-order valence-electron chi connectivity index (χ3n) is 14.0. The van der Waals surface area contributed by atoms with Gasteiger partial charge in [0, 0.05) is 64.6 Å². The van der Waals surface area contributed by atoms with E-state index >= 15 is 0 Å². The second-order valence-corrected chi connectivity index (χ2v) is 18.1. The van der Waals surface area contributed by atoms with Crippen LogP contribution < -0.4 is 10.1 Å². The summed E-state index contributed by atoms with van der Waals surface area (Å²) in [5.74, 6) is -0.642. The molecule has 1 unspecified atom stereocenters. The van der Waals surface area contributed by atoms with Crippen LogP contribution in [-0.4, -0.2) is 153 Å². The van der Waals surface area contributed by atoms with Crippen molar-refractivity contribution in [2.75, 3.05) is 77.5 Å². The fourth-order valence-corrected chi connectivity index (χ4v) is 10.5. The maximum absolute atomic E-state index is 13.5. The molecule has 9 rings (SSSR count). The molecule has 3 saturated heterocycles. The minimum absolute atomic E-state index is 0.00646. The number of phenolic OH excluding ortho intramolecular Hbond substituents is 1. The molecule has 0 bridgehead atoms. The van der Waals surface area contributed by atoms with Gasteiger partial charge in [0.1, 0.15) is 17.5 Å². The van der Waals surface area contributed by atoms with Gasteiger partial charge < -0.3 is 34.6 Å². The summed E-state index contributed by atoms with van der Waals surface area (Å²) in [5.41, 5.74) is 4.71. The number of piperidine rings is 1. The van der Waals surface area contributed by atoms with Crippen LogP contribution in [0.25, 0.3) is 5.52 Å². The lowest BCUT2D eigenvalue weighted by Gasteiger charge is -2.47. The molecule has 2 amide bonds. The summed E-state index contributed by atoms with van der Waals surface area (Å²) < 4.78 is 20.3. The van der Waals surface area contributed by atoms with Crippen molar-refractivity contribution in [1.82, 2.24) is 29.2 Å². The molecule has 3 N–H and O–H groups in total. The largest absolute Gasteiger partial charge is 0.506 e. The fourth-order valence-electron chi connectivity index (χ4n) is 10.5. The van der Waals surface area contributed by atoms with Crippen LogP contribution in [0.1, 0.15) is 78.5 Å². The Morgan fingerprint density at radius 3 is 2.60 bits per heavy atom. The van der Waals surface area contributed by atoms with Crippen LogP contribution in [0, 0.1) is 0 Å². The second kappa shape index (κ2) is 19.4. The Bertz CT molecular complexity index is 2220. The number of ether oxygens (including phenoxy) is 3. The lowest BCUT2D eigenvalue weighted by Crippen LogP contribution is -2.58. The Morgan fingerprint density at radius 1 is 0.937 bits per heavy atom. The molecule has 2 aromatic carbocycles. The van der Waals surface area contributed by atoms with Gasteiger partial charge in [0.15, 0.2) is 18.1 Å². The van der Waals surface area contributed by atoms with Crippen molar-refractivity contribution in [3.05, 3.63) is 89.2 Å². The van der Waals surface area contributed by atoms with E-state index in [0.717, 1.165) is 69.5 Å². The van der Waals surface area contributed by atoms with Crippen molar-refractivity contribution < 1.29 is 38.8 Å². The van der Waals surface area contributed by atoms with E-state index in [0.29, 0.717) is 81.8 Å². The number of aromatic hydroxyl groups is 1. The van der Waals surface area contributed by atoms with Crippen LogP contribution in [0.15, 0.2) is 66.9 Å². The van der Waals surface area contributed by atoms with Gasteiger partial charge in [-0.3, -0.25) is 29.1 Å². The van der Waals surface area contributed by atoms with Crippen molar-refractivity contribution in [3.63, 3.8) is 0 Å². The van der Waals surface area contributed by atoms with Crippen molar-refractivity contribution in [3.8, 4) is 11.5 Å². The van der Waals surface area contributed by atoms with Crippen LogP contribution in [0.2, 0.25) is 0 Å². The predicted molar refractivity (Wildman–Crippen MR) is 236 cm³/mol. The number of aromatic nitrogens is 2. The number of nitrogens with zero attached hydrogens (tertiary/aromatic N) is 6. The highest BCUT2D eigenvalue weighted by atomic mass is 16.5. The Labute approximate surface area is 368 Å². The number of aliphatic carboxylic acids is 1. The van der Waals surface area contributed by atoms with E-state index in [2.05, 4.69) is 49.4 Å². The highest BCUT2D eigenvalue weighted by Gasteiger charge is 2.42. The number of likely N-dealkylation sites (tertiary alicyclic amines) is 2. The van der Waals surface area contributed by atoms with E-state index in [1.807, 2.05) is 41.4 Å². The lowest BCUT2D eigenvalue weighted by molar-refractivity contribution is -0.146. The number of hydrogen-bond donors (Lipinski definition) is 3. The average Bonchev–Trinajstić information content (AvgIpc) is 3.93. The summed E-state index contributed by atoms with van der Waals surface area (Å²) in [5, 5.41) is 28.1. The summed E-state index contributed by atoms with van der Waals surface area (Å²) in [4.78, 5) is 47.1. The number of phenols is 1. The summed E-state index contributed by atoms with van der Waals surface area (Å²) in [6.45, 7) is 7.46. The van der Waals surface area contributed by atoms with Gasteiger partial charge in [-0.05, 0) is 85.9 Å². The topological polar surface area (TPSA) is 162 Å². The molecule has 63 heavy (non-hydrogen) atoms. The van der Waals surface area contributed by atoms with Gasteiger partial charge >= 0.3 is 5.97 Å². The quantitative estimate of drug-likeness (QED) is 0.140. The number of fused-ring (bicyclic) bond motifs is 2. The molecule has 15 nitrogen and oxygen atoms in total. The first-order chi connectivity index (χ1) is 30.7. The summed E-state index contributed by atoms with van der Waals surface area (Å²) in [6.07, 6.45) is 11.1. The van der Waals surface area contributed by atoms with Crippen LogP contribution in [0.4, 0.5) is 5.69 Å². The number of benzene rings is 2. The molecule has 1 spiro atoms. The number of nitrogens with one attached hydrogen (secondary N) is 1. The fraction of sp³-hybridized carbons (Fsp3) is 0.542. The highest BCUT2D eigenvalue weighted by molar-refractivity contribution is 5.97. The first-order valence-electron chi connectivity index (χ1n) is 23.0. The van der Waals surface area contributed by atoms with Gasteiger partial charge in [0.2, 0.25) is 0 Å². The van der Waals surface area contributed by atoms with Gasteiger partial charge in [-0.15, -0.1) is 0 Å². The number of carbonyl (C=O) groups is 3. The van der Waals surface area contributed by atoms with Gasteiger partial charge in [-0.25, -0.2) is 4.52 Å². The monoisotopic (exact) mass is 863 g/mol. The van der Waals surface area contributed by atoms with Gasteiger partial charge in [0.25, 0.3) is 11.8 Å². The summed E-state index contributed by atoms with van der Waals surface area (Å²) >= 11 is 0. The lowest BCUT2D eigenvalue weighted by atomic mass is 9.89. The van der Waals surface area contributed by atoms with Crippen molar-refractivity contribution in [1.29, 1.82) is 0 Å². The van der Waals surface area contributed by atoms with Gasteiger partial charge in [0.05, 0.1) is 37.0 Å². The zero-order valence-electron chi connectivity index (χ0n) is 36.2. The molecule has 4 aromatic rings. The van der Waals surface area contributed by atoms with E-state index in [1.54, 1.807) is 10.6 Å². The molecule has 0 radical (unpaired) electrons. The molecule has 336 valence electrons. The van der Waals surface area contributed by atoms with E-state index < -0.39 is 12.0 Å². The van der Waals surface area contributed by atoms with Crippen LogP contribution in [0.3, 0.4) is 0 Å². The predicted octanol–water partition coefficient (Wildman–Crippen LogP) is 4.84. The van der Waals surface area contributed by atoms with E-state index in [4.69, 9.17) is 14.2 Å². The van der Waals surface area contributed by atoms with E-state index in [1.165, 1.54) is 30.4 Å². The molecule has 2 aromatic heterocycles. The van der Waals surface area contributed by atoms with Crippen LogP contribution in [-0.2, 0) is 38.4 Å². The number of carbonyl (C=O) groups excluding carboxylic acids is 2. The molecule has 1 aliphatic carbocycles. The first-order valence-corrected chi connectivity index (χ1v) is 23.0. The SMILES string of the molecule is O=C1COc2c(CCN(CCN3CCC(OCCc4cccc(CN5CCC6(CC5)CN(C(=O)c5cc7ccccn7n5)CCO6)c4)[C@H]3C(=O)O)C3CCCCC3)ccc(O)c2N1. The van der Waals surface area contributed by atoms with Crippen molar-refractivity contribution in [2.45, 2.75) is 94.5 Å². The maximum atomic E-state index is 13.5. The van der Waals surface area contributed by atoms with E-state index in [-0.39, 0.29) is 35.9 Å². The average molecular weight is 864 g/mol. The Balaban J connectivity index is 0.743. The number of carboxylic acid groups (broad SMARTS) is 1. The normalized spacial score (nSPS) is 22.0. The molecular formula is C48H61N7O8. The minimum Gasteiger partial charge on any atom is -0.506 e. The molecule has 6 heterocycles. The van der Waals surface area contributed by atoms with Gasteiger partial charge in [-0.2, -0.15) is 5.10 Å². The molecule has 15 heteroatoms. The van der Waals surface area contributed by atoms with Gasteiger partial charge in [-0.1, -0.05) is 55.7 Å². The third-order valence-corrected chi connectivity index (χ3v) is 14.0. The molecule has 2 atom stereocenters. The summed E-state index contributed by atoms with van der Waals surface area (Å²) in [6, 6.07) is 19.5. The van der Waals surface area contributed by atoms with Crippen molar-refractivity contribution in [2.24, 2.45) is 0 Å². The van der Waals surface area contributed by atoms with Crippen LogP contribution in [0.5, 0.6) is 11.5 Å².